The molecule has 1 aliphatic heterocycles. The van der Waals surface area contributed by atoms with Gasteiger partial charge in [0.2, 0.25) is 0 Å². The molecular weight excluding hydrogens is 286 g/mol. The van der Waals surface area contributed by atoms with E-state index in [1.807, 2.05) is 74.5 Å². The SMILES string of the molecule is CCOC(=O)C1CC(C)=NC1(c1ccccc1)c1ccccc1. The lowest BCUT2D eigenvalue weighted by Crippen LogP contribution is -2.37. The van der Waals surface area contributed by atoms with Crippen molar-refractivity contribution in [2.75, 3.05) is 6.61 Å². The molecule has 1 heterocycles. The fourth-order valence-electron chi connectivity index (χ4n) is 3.45. The van der Waals surface area contributed by atoms with E-state index < -0.39 is 5.54 Å². The quantitative estimate of drug-likeness (QED) is 0.802. The molecule has 0 N–H and O–H groups in total. The zero-order valence-electron chi connectivity index (χ0n) is 13.5. The van der Waals surface area contributed by atoms with Crippen LogP contribution >= 0.6 is 0 Å². The van der Waals surface area contributed by atoms with Crippen LogP contribution in [0.15, 0.2) is 65.7 Å². The molecule has 0 spiro atoms. The summed E-state index contributed by atoms with van der Waals surface area (Å²) in [6.45, 7) is 4.21. The van der Waals surface area contributed by atoms with Gasteiger partial charge in [-0.15, -0.1) is 0 Å². The van der Waals surface area contributed by atoms with Crippen LogP contribution in [0.3, 0.4) is 0 Å². The second-order valence-corrected chi connectivity index (χ2v) is 5.85. The molecule has 1 aliphatic rings. The van der Waals surface area contributed by atoms with Crippen LogP contribution in [0.4, 0.5) is 0 Å². The number of carbonyl (C=O) groups is 1. The van der Waals surface area contributed by atoms with Gasteiger partial charge in [-0.25, -0.2) is 0 Å². The third-order valence-electron chi connectivity index (χ3n) is 4.37. The lowest BCUT2D eigenvalue weighted by atomic mass is 9.74. The fourth-order valence-corrected chi connectivity index (χ4v) is 3.45. The van der Waals surface area contributed by atoms with Crippen LogP contribution in [0, 0.1) is 5.92 Å². The molecule has 0 aromatic heterocycles. The van der Waals surface area contributed by atoms with Crippen LogP contribution in [0.2, 0.25) is 0 Å². The molecule has 0 saturated heterocycles. The number of ether oxygens (including phenoxy) is 1. The smallest absolute Gasteiger partial charge is 0.312 e. The van der Waals surface area contributed by atoms with Crippen LogP contribution in [0.25, 0.3) is 0 Å². The van der Waals surface area contributed by atoms with E-state index in [0.717, 1.165) is 16.8 Å². The number of aliphatic imine (C=N–C) groups is 1. The predicted molar refractivity (Wildman–Crippen MR) is 91.5 cm³/mol. The lowest BCUT2D eigenvalue weighted by molar-refractivity contribution is -0.149. The van der Waals surface area contributed by atoms with Crippen LogP contribution < -0.4 is 0 Å². The van der Waals surface area contributed by atoms with Crippen molar-refractivity contribution < 1.29 is 9.53 Å². The average molecular weight is 307 g/mol. The van der Waals surface area contributed by atoms with Crippen LogP contribution in [-0.2, 0) is 15.1 Å². The Kier molecular flexibility index (Phi) is 4.28. The van der Waals surface area contributed by atoms with Crippen molar-refractivity contribution in [3.8, 4) is 0 Å². The highest BCUT2D eigenvalue weighted by molar-refractivity contribution is 5.92. The largest absolute Gasteiger partial charge is 0.466 e. The first-order chi connectivity index (χ1) is 11.2. The molecule has 0 radical (unpaired) electrons. The first kappa shape index (κ1) is 15.5. The highest BCUT2D eigenvalue weighted by atomic mass is 16.5. The van der Waals surface area contributed by atoms with Gasteiger partial charge in [0.05, 0.1) is 12.5 Å². The fraction of sp³-hybridized carbons (Fsp3) is 0.300. The van der Waals surface area contributed by atoms with Gasteiger partial charge in [0.25, 0.3) is 0 Å². The summed E-state index contributed by atoms with van der Waals surface area (Å²) in [5, 5.41) is 0. The minimum Gasteiger partial charge on any atom is -0.466 e. The van der Waals surface area contributed by atoms with Gasteiger partial charge in [-0.05, 0) is 25.0 Å². The van der Waals surface area contributed by atoms with Gasteiger partial charge in [-0.1, -0.05) is 60.7 Å². The maximum Gasteiger partial charge on any atom is 0.312 e. The van der Waals surface area contributed by atoms with E-state index in [4.69, 9.17) is 9.73 Å². The lowest BCUT2D eigenvalue weighted by Gasteiger charge is -2.33. The Bertz CT molecular complexity index is 667. The minimum atomic E-state index is -0.696. The number of benzene rings is 2. The molecule has 3 rings (SSSR count). The Morgan fingerprint density at radius 1 is 1.09 bits per heavy atom. The average Bonchev–Trinajstić information content (AvgIpc) is 2.95. The standard InChI is InChI=1S/C20H21NO2/c1-3-23-19(22)18-14-15(2)21-20(18,16-10-6-4-7-11-16)17-12-8-5-9-13-17/h4-13,18H,3,14H2,1-2H3. The van der Waals surface area contributed by atoms with Crippen molar-refractivity contribution in [2.24, 2.45) is 10.9 Å². The summed E-state index contributed by atoms with van der Waals surface area (Å²) in [6.07, 6.45) is 0.628. The molecule has 1 unspecified atom stereocenters. The Labute approximate surface area is 137 Å². The number of carbonyl (C=O) groups excluding carboxylic acids is 1. The third kappa shape index (κ3) is 2.67. The molecule has 23 heavy (non-hydrogen) atoms. The van der Waals surface area contributed by atoms with Crippen LogP contribution in [0.1, 0.15) is 31.4 Å². The minimum absolute atomic E-state index is 0.180. The van der Waals surface area contributed by atoms with Crippen molar-refractivity contribution in [2.45, 2.75) is 25.8 Å². The van der Waals surface area contributed by atoms with Crippen molar-refractivity contribution >= 4 is 11.7 Å². The van der Waals surface area contributed by atoms with Gasteiger partial charge >= 0.3 is 5.97 Å². The summed E-state index contributed by atoms with van der Waals surface area (Å²) in [5.74, 6) is -0.506. The van der Waals surface area contributed by atoms with Crippen molar-refractivity contribution in [1.82, 2.24) is 0 Å². The van der Waals surface area contributed by atoms with Gasteiger partial charge in [0.1, 0.15) is 5.54 Å². The van der Waals surface area contributed by atoms with E-state index >= 15 is 0 Å². The molecule has 3 heteroatoms. The zero-order chi connectivity index (χ0) is 16.3. The van der Waals surface area contributed by atoms with E-state index in [0.29, 0.717) is 13.0 Å². The summed E-state index contributed by atoms with van der Waals surface area (Å²) in [6, 6.07) is 20.1. The van der Waals surface area contributed by atoms with E-state index in [9.17, 15) is 4.79 Å². The maximum absolute atomic E-state index is 12.7. The second-order valence-electron chi connectivity index (χ2n) is 5.85. The summed E-state index contributed by atoms with van der Waals surface area (Å²) < 4.78 is 5.36. The highest BCUT2D eigenvalue weighted by Crippen LogP contribution is 2.47. The molecular formula is C20H21NO2. The molecule has 1 atom stereocenters. The molecule has 0 amide bonds. The maximum atomic E-state index is 12.7. The van der Waals surface area contributed by atoms with Gasteiger partial charge in [0, 0.05) is 12.1 Å². The first-order valence-corrected chi connectivity index (χ1v) is 8.01. The monoisotopic (exact) mass is 307 g/mol. The Morgan fingerprint density at radius 2 is 1.61 bits per heavy atom. The normalized spacial score (nSPS) is 19.2. The van der Waals surface area contributed by atoms with Gasteiger partial charge in [-0.3, -0.25) is 9.79 Å². The summed E-state index contributed by atoms with van der Waals surface area (Å²) in [4.78, 5) is 17.6. The number of rotatable bonds is 4. The molecule has 0 bridgehead atoms. The van der Waals surface area contributed by atoms with Crippen LogP contribution in [-0.4, -0.2) is 18.3 Å². The van der Waals surface area contributed by atoms with E-state index in [2.05, 4.69) is 0 Å². The van der Waals surface area contributed by atoms with Gasteiger partial charge in [-0.2, -0.15) is 0 Å². The number of hydrogen-bond acceptors (Lipinski definition) is 3. The van der Waals surface area contributed by atoms with Crippen molar-refractivity contribution in [3.05, 3.63) is 71.8 Å². The molecule has 0 saturated carbocycles. The first-order valence-electron chi connectivity index (χ1n) is 8.01. The summed E-state index contributed by atoms with van der Waals surface area (Å²) in [7, 11) is 0. The Hall–Kier alpha value is -2.42. The topological polar surface area (TPSA) is 38.7 Å². The molecule has 118 valence electrons. The molecule has 2 aromatic carbocycles. The highest BCUT2D eigenvalue weighted by Gasteiger charge is 2.50. The van der Waals surface area contributed by atoms with Crippen molar-refractivity contribution in [3.63, 3.8) is 0 Å². The Balaban J connectivity index is 2.20. The summed E-state index contributed by atoms with van der Waals surface area (Å²) >= 11 is 0. The van der Waals surface area contributed by atoms with E-state index in [-0.39, 0.29) is 11.9 Å². The third-order valence-corrected chi connectivity index (χ3v) is 4.37. The molecule has 3 nitrogen and oxygen atoms in total. The molecule has 0 aliphatic carbocycles. The molecule has 0 fully saturated rings. The van der Waals surface area contributed by atoms with Crippen molar-refractivity contribution in [1.29, 1.82) is 0 Å². The molecule has 2 aromatic rings. The van der Waals surface area contributed by atoms with Crippen LogP contribution in [0.5, 0.6) is 0 Å². The van der Waals surface area contributed by atoms with E-state index in [1.54, 1.807) is 0 Å². The Morgan fingerprint density at radius 3 is 2.09 bits per heavy atom. The number of esters is 1. The second kappa shape index (κ2) is 6.37. The van der Waals surface area contributed by atoms with Gasteiger partial charge in [0.15, 0.2) is 0 Å². The zero-order valence-corrected chi connectivity index (χ0v) is 13.5. The number of nitrogens with zero attached hydrogens (tertiary/aromatic N) is 1. The summed E-state index contributed by atoms with van der Waals surface area (Å²) in [5.41, 5.74) is 2.34. The van der Waals surface area contributed by atoms with E-state index in [1.165, 1.54) is 0 Å². The number of hydrogen-bond donors (Lipinski definition) is 0. The van der Waals surface area contributed by atoms with Gasteiger partial charge < -0.3 is 4.74 Å². The predicted octanol–water partition coefficient (Wildman–Crippen LogP) is 3.97.